The molecule has 6 nitrogen and oxygen atoms in total. The van der Waals surface area contributed by atoms with E-state index >= 15 is 0 Å². The Morgan fingerprint density at radius 1 is 1.17 bits per heavy atom. The largest absolute Gasteiger partial charge is 0.480 e. The van der Waals surface area contributed by atoms with Crippen LogP contribution >= 0.6 is 0 Å². The van der Waals surface area contributed by atoms with E-state index < -0.39 is 11.5 Å². The lowest BCUT2D eigenvalue weighted by Gasteiger charge is -2.35. The number of rotatable bonds is 2. The predicted octanol–water partition coefficient (Wildman–Crippen LogP) is 0.539. The molecule has 1 rings (SSSR count). The fourth-order valence-electron chi connectivity index (χ4n) is 1.83. The highest BCUT2D eigenvalue weighted by molar-refractivity contribution is 5.85. The van der Waals surface area contributed by atoms with Gasteiger partial charge in [0.05, 0.1) is 0 Å². The van der Waals surface area contributed by atoms with Crippen LogP contribution in [0.3, 0.4) is 0 Å². The summed E-state index contributed by atoms with van der Waals surface area (Å²) in [5.41, 5.74) is -1.19. The number of carboxylic acids is 1. The third kappa shape index (κ3) is 3.13. The van der Waals surface area contributed by atoms with Crippen LogP contribution < -0.4 is 0 Å². The third-order valence-electron chi connectivity index (χ3n) is 3.64. The van der Waals surface area contributed by atoms with E-state index in [1.165, 1.54) is 18.7 Å². The quantitative estimate of drug-likeness (QED) is 0.784. The average Bonchev–Trinajstić information content (AvgIpc) is 2.51. The van der Waals surface area contributed by atoms with Crippen LogP contribution in [0.2, 0.25) is 0 Å². The SMILES string of the molecule is CN1CCCN(C(=O)N(C)C(C)(C)C(=O)O)CC1. The van der Waals surface area contributed by atoms with Crippen LogP contribution in [0.25, 0.3) is 0 Å². The molecule has 0 radical (unpaired) electrons. The summed E-state index contributed by atoms with van der Waals surface area (Å²) in [7, 11) is 3.57. The first-order valence-electron chi connectivity index (χ1n) is 6.21. The topological polar surface area (TPSA) is 64.1 Å². The Bertz CT molecular complexity index is 331. The number of aliphatic carboxylic acids is 1. The molecule has 0 saturated carbocycles. The lowest BCUT2D eigenvalue weighted by atomic mass is 10.0. The number of carbonyl (C=O) groups excluding carboxylic acids is 1. The van der Waals surface area contributed by atoms with Crippen molar-refractivity contribution < 1.29 is 14.7 Å². The monoisotopic (exact) mass is 257 g/mol. The summed E-state index contributed by atoms with van der Waals surface area (Å²) in [6.45, 7) is 6.20. The zero-order chi connectivity index (χ0) is 13.9. The van der Waals surface area contributed by atoms with Crippen molar-refractivity contribution in [2.24, 2.45) is 0 Å². The molecule has 0 bridgehead atoms. The molecular weight excluding hydrogens is 234 g/mol. The molecule has 1 saturated heterocycles. The van der Waals surface area contributed by atoms with Gasteiger partial charge in [0.15, 0.2) is 0 Å². The second kappa shape index (κ2) is 5.56. The Morgan fingerprint density at radius 3 is 2.33 bits per heavy atom. The van der Waals surface area contributed by atoms with Crippen molar-refractivity contribution >= 4 is 12.0 Å². The first kappa shape index (κ1) is 14.8. The molecule has 0 spiro atoms. The minimum absolute atomic E-state index is 0.210. The molecular formula is C12H23N3O3. The highest BCUT2D eigenvalue weighted by Crippen LogP contribution is 2.15. The first-order valence-corrected chi connectivity index (χ1v) is 6.21. The normalized spacial score (nSPS) is 18.3. The zero-order valence-corrected chi connectivity index (χ0v) is 11.6. The maximum Gasteiger partial charge on any atom is 0.329 e. The van der Waals surface area contributed by atoms with E-state index in [9.17, 15) is 9.59 Å². The van der Waals surface area contributed by atoms with E-state index in [0.717, 1.165) is 19.5 Å². The van der Waals surface area contributed by atoms with Crippen molar-refractivity contribution in [3.05, 3.63) is 0 Å². The lowest BCUT2D eigenvalue weighted by molar-refractivity contribution is -0.147. The predicted molar refractivity (Wildman–Crippen MR) is 68.6 cm³/mol. The summed E-state index contributed by atoms with van der Waals surface area (Å²) >= 11 is 0. The highest BCUT2D eigenvalue weighted by atomic mass is 16.4. The van der Waals surface area contributed by atoms with Gasteiger partial charge in [0.25, 0.3) is 0 Å². The average molecular weight is 257 g/mol. The molecule has 1 aliphatic rings. The molecule has 1 fully saturated rings. The number of carboxylic acid groups (broad SMARTS) is 1. The Balaban J connectivity index is 2.71. The molecule has 6 heteroatoms. The number of urea groups is 1. The zero-order valence-electron chi connectivity index (χ0n) is 11.6. The van der Waals surface area contributed by atoms with Gasteiger partial charge in [-0.25, -0.2) is 9.59 Å². The summed E-state index contributed by atoms with van der Waals surface area (Å²) < 4.78 is 0. The second-order valence-corrected chi connectivity index (χ2v) is 5.35. The van der Waals surface area contributed by atoms with Gasteiger partial charge in [-0.1, -0.05) is 0 Å². The van der Waals surface area contributed by atoms with Gasteiger partial charge in [-0.05, 0) is 33.9 Å². The van der Waals surface area contributed by atoms with E-state index in [0.29, 0.717) is 13.1 Å². The van der Waals surface area contributed by atoms with Crippen LogP contribution in [-0.2, 0) is 4.79 Å². The van der Waals surface area contributed by atoms with E-state index in [-0.39, 0.29) is 6.03 Å². The Kier molecular flexibility index (Phi) is 4.56. The molecule has 0 aromatic rings. The van der Waals surface area contributed by atoms with Crippen LogP contribution in [-0.4, -0.2) is 77.6 Å². The molecule has 0 atom stereocenters. The maximum atomic E-state index is 12.3. The minimum Gasteiger partial charge on any atom is -0.480 e. The Labute approximate surface area is 108 Å². The molecule has 0 unspecified atom stereocenters. The van der Waals surface area contributed by atoms with Crippen molar-refractivity contribution in [2.75, 3.05) is 40.3 Å². The van der Waals surface area contributed by atoms with Gasteiger partial charge in [-0.15, -0.1) is 0 Å². The van der Waals surface area contributed by atoms with Gasteiger partial charge >= 0.3 is 12.0 Å². The number of nitrogens with zero attached hydrogens (tertiary/aromatic N) is 3. The number of hydrogen-bond donors (Lipinski definition) is 1. The number of likely N-dealkylation sites (N-methyl/N-ethyl adjacent to an activating group) is 2. The lowest BCUT2D eigenvalue weighted by Crippen LogP contribution is -2.55. The van der Waals surface area contributed by atoms with Gasteiger partial charge in [-0.3, -0.25) is 0 Å². The van der Waals surface area contributed by atoms with Crippen LogP contribution in [0.15, 0.2) is 0 Å². The number of amides is 2. The van der Waals surface area contributed by atoms with Crippen LogP contribution in [0.4, 0.5) is 4.79 Å². The van der Waals surface area contributed by atoms with Gasteiger partial charge in [0.1, 0.15) is 5.54 Å². The molecule has 104 valence electrons. The summed E-state index contributed by atoms with van der Waals surface area (Å²) in [5.74, 6) is -0.995. The molecule has 0 aromatic carbocycles. The third-order valence-corrected chi connectivity index (χ3v) is 3.64. The second-order valence-electron chi connectivity index (χ2n) is 5.35. The van der Waals surface area contributed by atoms with Gasteiger partial charge in [-0.2, -0.15) is 0 Å². The summed E-state index contributed by atoms with van der Waals surface area (Å²) in [5, 5.41) is 9.14. The van der Waals surface area contributed by atoms with Gasteiger partial charge < -0.3 is 19.8 Å². The minimum atomic E-state index is -1.19. The number of hydrogen-bond acceptors (Lipinski definition) is 3. The fourth-order valence-corrected chi connectivity index (χ4v) is 1.83. The molecule has 18 heavy (non-hydrogen) atoms. The molecule has 0 aliphatic carbocycles. The van der Waals surface area contributed by atoms with Crippen molar-refractivity contribution in [2.45, 2.75) is 25.8 Å². The molecule has 0 aromatic heterocycles. The maximum absolute atomic E-state index is 12.3. The standard InChI is InChI=1S/C12H23N3O3/c1-12(2,10(16)17)14(4)11(18)15-7-5-6-13(3)8-9-15/h5-9H2,1-4H3,(H,16,17). The summed E-state index contributed by atoms with van der Waals surface area (Å²) in [6.07, 6.45) is 0.920. The van der Waals surface area contributed by atoms with Crippen LogP contribution in [0, 0.1) is 0 Å². The highest BCUT2D eigenvalue weighted by Gasteiger charge is 2.37. The first-order chi connectivity index (χ1) is 8.26. The van der Waals surface area contributed by atoms with E-state index in [1.54, 1.807) is 11.9 Å². The molecule has 1 aliphatic heterocycles. The van der Waals surface area contributed by atoms with Crippen LogP contribution in [0.5, 0.6) is 0 Å². The van der Waals surface area contributed by atoms with Crippen molar-refractivity contribution in [3.8, 4) is 0 Å². The summed E-state index contributed by atoms with van der Waals surface area (Å²) in [6, 6.07) is -0.210. The molecule has 1 N–H and O–H groups in total. The summed E-state index contributed by atoms with van der Waals surface area (Å²) in [4.78, 5) is 28.6. The van der Waals surface area contributed by atoms with Gasteiger partial charge in [0, 0.05) is 26.7 Å². The van der Waals surface area contributed by atoms with E-state index in [1.807, 2.05) is 7.05 Å². The Morgan fingerprint density at radius 2 is 1.78 bits per heavy atom. The Hall–Kier alpha value is -1.30. The van der Waals surface area contributed by atoms with Crippen molar-refractivity contribution in [1.82, 2.24) is 14.7 Å². The molecule has 2 amide bonds. The fraction of sp³-hybridized carbons (Fsp3) is 0.833. The number of carbonyl (C=O) groups is 2. The van der Waals surface area contributed by atoms with Crippen molar-refractivity contribution in [3.63, 3.8) is 0 Å². The van der Waals surface area contributed by atoms with Crippen molar-refractivity contribution in [1.29, 1.82) is 0 Å². The van der Waals surface area contributed by atoms with Gasteiger partial charge in [0.2, 0.25) is 0 Å². The van der Waals surface area contributed by atoms with E-state index in [2.05, 4.69) is 4.90 Å². The smallest absolute Gasteiger partial charge is 0.329 e. The van der Waals surface area contributed by atoms with E-state index in [4.69, 9.17) is 5.11 Å². The van der Waals surface area contributed by atoms with Crippen LogP contribution in [0.1, 0.15) is 20.3 Å². The molecule has 1 heterocycles.